The predicted octanol–water partition coefficient (Wildman–Crippen LogP) is 4.87. The maximum atomic E-state index is 12.4. The molecule has 6 nitrogen and oxygen atoms in total. The fourth-order valence-corrected chi connectivity index (χ4v) is 4.90. The molecule has 2 aliphatic heterocycles. The van der Waals surface area contributed by atoms with Crippen molar-refractivity contribution in [1.29, 1.82) is 0 Å². The van der Waals surface area contributed by atoms with Crippen molar-refractivity contribution in [2.75, 3.05) is 25.0 Å². The third kappa shape index (κ3) is 4.54. The van der Waals surface area contributed by atoms with Crippen LogP contribution in [0.4, 0.5) is 5.69 Å². The Kier molecular flexibility index (Phi) is 5.80. The summed E-state index contributed by atoms with van der Waals surface area (Å²) in [5.74, 6) is -0.248. The van der Waals surface area contributed by atoms with Gasteiger partial charge in [0.25, 0.3) is 5.91 Å². The van der Waals surface area contributed by atoms with E-state index in [0.29, 0.717) is 15.1 Å². The molecule has 0 unspecified atom stereocenters. The summed E-state index contributed by atoms with van der Waals surface area (Å²) in [6.07, 6.45) is 6.38. The zero-order valence-electron chi connectivity index (χ0n) is 16.9. The summed E-state index contributed by atoms with van der Waals surface area (Å²) in [6, 6.07) is 13.5. The first kappa shape index (κ1) is 20.3. The number of hydrogen-bond donors (Lipinski definition) is 1. The van der Waals surface area contributed by atoms with Crippen LogP contribution in [0.1, 0.15) is 18.4 Å². The van der Waals surface area contributed by atoms with Crippen LogP contribution in [-0.4, -0.2) is 45.2 Å². The molecule has 3 heterocycles. The number of anilines is 1. The van der Waals surface area contributed by atoms with Crippen LogP contribution < -0.4 is 5.32 Å². The number of nitrogens with one attached hydrogen (secondary N) is 1. The highest BCUT2D eigenvalue weighted by atomic mass is 35.5. The van der Waals surface area contributed by atoms with Gasteiger partial charge in [0.2, 0.25) is 0 Å². The van der Waals surface area contributed by atoms with Gasteiger partial charge in [-0.15, -0.1) is 0 Å². The predicted molar refractivity (Wildman–Crippen MR) is 128 cm³/mol. The Hall–Kier alpha value is -2.61. The minimum atomic E-state index is -0.248. The average Bonchev–Trinajstić information content (AvgIpc) is 3.49. The highest BCUT2D eigenvalue weighted by Crippen LogP contribution is 2.31. The number of imidazole rings is 1. The van der Waals surface area contributed by atoms with Crippen LogP contribution in [0, 0.1) is 0 Å². The smallest absolute Gasteiger partial charge is 0.286 e. The summed E-state index contributed by atoms with van der Waals surface area (Å²) < 4.78 is 2.19. The summed E-state index contributed by atoms with van der Waals surface area (Å²) in [5.41, 5.74) is 3.74. The number of amides is 1. The Morgan fingerprint density at radius 1 is 1.13 bits per heavy atom. The molecule has 8 heteroatoms. The Bertz CT molecular complexity index is 1200. The third-order valence-corrected chi connectivity index (χ3v) is 6.76. The number of thioether (sulfide) groups is 1. The number of halogens is 1. The van der Waals surface area contributed by atoms with Gasteiger partial charge >= 0.3 is 0 Å². The first-order valence-corrected chi connectivity index (χ1v) is 11.6. The third-order valence-electron chi connectivity index (χ3n) is 5.53. The van der Waals surface area contributed by atoms with Crippen LogP contribution in [0.5, 0.6) is 0 Å². The van der Waals surface area contributed by atoms with Crippen molar-refractivity contribution in [3.8, 4) is 0 Å². The first-order valence-electron chi connectivity index (χ1n) is 10.4. The van der Waals surface area contributed by atoms with E-state index < -0.39 is 0 Å². The van der Waals surface area contributed by atoms with Crippen molar-refractivity contribution in [1.82, 2.24) is 14.5 Å². The highest BCUT2D eigenvalue weighted by molar-refractivity contribution is 8.18. The monoisotopic (exact) mass is 451 g/mol. The van der Waals surface area contributed by atoms with Gasteiger partial charge in [-0.3, -0.25) is 4.79 Å². The molecule has 0 saturated carbocycles. The standard InChI is InChI=1S/C23H22ClN5OS/c24-17-5-1-2-6-18(17)26-23-27-22(30)21(31-23)14-16-7-8-19-20(13-16)29(15-25-19)12-11-28-9-3-4-10-28/h1-2,5-8,13-15H,3-4,9-12H2,(H,26,27,30)/b21-14-. The largest absolute Gasteiger partial charge is 0.333 e. The Labute approximate surface area is 190 Å². The van der Waals surface area contributed by atoms with Crippen LogP contribution in [0.15, 0.2) is 58.7 Å². The molecule has 2 aromatic carbocycles. The number of para-hydroxylation sites is 1. The first-order chi connectivity index (χ1) is 15.2. The van der Waals surface area contributed by atoms with E-state index in [9.17, 15) is 4.79 Å². The number of benzene rings is 2. The van der Waals surface area contributed by atoms with Gasteiger partial charge in [0.1, 0.15) is 0 Å². The van der Waals surface area contributed by atoms with Gasteiger partial charge in [-0.2, -0.15) is 4.99 Å². The molecule has 1 N–H and O–H groups in total. The van der Waals surface area contributed by atoms with Gasteiger partial charge in [-0.1, -0.05) is 29.8 Å². The summed E-state index contributed by atoms with van der Waals surface area (Å²) in [6.45, 7) is 4.33. The molecule has 0 radical (unpaired) electrons. The van der Waals surface area contributed by atoms with Crippen molar-refractivity contribution in [2.45, 2.75) is 19.4 Å². The van der Waals surface area contributed by atoms with Crippen molar-refractivity contribution < 1.29 is 4.79 Å². The topological polar surface area (TPSA) is 62.5 Å². The lowest BCUT2D eigenvalue weighted by Gasteiger charge is -2.15. The van der Waals surface area contributed by atoms with Crippen molar-refractivity contribution >= 4 is 57.2 Å². The molecule has 0 aliphatic carbocycles. The number of amidine groups is 1. The second-order valence-electron chi connectivity index (χ2n) is 7.67. The minimum absolute atomic E-state index is 0.248. The number of nitrogens with zero attached hydrogens (tertiary/aromatic N) is 4. The number of carbonyl (C=O) groups is 1. The van der Waals surface area contributed by atoms with Crippen LogP contribution in [0.25, 0.3) is 17.1 Å². The molecule has 0 atom stereocenters. The van der Waals surface area contributed by atoms with Crippen LogP contribution in [0.3, 0.4) is 0 Å². The van der Waals surface area contributed by atoms with E-state index in [1.165, 1.54) is 37.7 Å². The maximum absolute atomic E-state index is 12.4. The van der Waals surface area contributed by atoms with Gasteiger partial charge in [-0.05, 0) is 73.6 Å². The van der Waals surface area contributed by atoms with Gasteiger partial charge in [-0.25, -0.2) is 4.98 Å². The molecule has 0 spiro atoms. The summed E-state index contributed by atoms with van der Waals surface area (Å²) in [5, 5.41) is 4.25. The lowest BCUT2D eigenvalue weighted by atomic mass is 10.2. The molecule has 2 aliphatic rings. The van der Waals surface area contributed by atoms with Crippen LogP contribution >= 0.6 is 23.4 Å². The Morgan fingerprint density at radius 2 is 1.97 bits per heavy atom. The molecule has 1 fully saturated rings. The molecule has 158 valence electrons. The summed E-state index contributed by atoms with van der Waals surface area (Å²) >= 11 is 7.51. The molecule has 1 amide bonds. The van der Waals surface area contributed by atoms with Gasteiger partial charge in [0.15, 0.2) is 5.17 Å². The maximum Gasteiger partial charge on any atom is 0.286 e. The number of aliphatic imine (C=N–C) groups is 1. The van der Waals surface area contributed by atoms with Gasteiger partial charge < -0.3 is 14.8 Å². The van der Waals surface area contributed by atoms with Crippen molar-refractivity contribution in [3.05, 3.63) is 64.3 Å². The SMILES string of the molecule is O=C1N=C(Nc2ccccc2Cl)S/C1=C\c1ccc2ncn(CCN3CCCC3)c2c1. The lowest BCUT2D eigenvalue weighted by Crippen LogP contribution is -2.23. The minimum Gasteiger partial charge on any atom is -0.333 e. The normalized spacial score (nSPS) is 18.3. The molecule has 5 rings (SSSR count). The van der Waals surface area contributed by atoms with E-state index in [-0.39, 0.29) is 5.91 Å². The fraction of sp³-hybridized carbons (Fsp3) is 0.261. The number of aromatic nitrogens is 2. The average molecular weight is 452 g/mol. The van der Waals surface area contributed by atoms with E-state index in [1.54, 1.807) is 6.07 Å². The van der Waals surface area contributed by atoms with E-state index in [1.807, 2.05) is 42.7 Å². The van der Waals surface area contributed by atoms with Crippen LogP contribution in [0.2, 0.25) is 5.02 Å². The Morgan fingerprint density at radius 3 is 2.81 bits per heavy atom. The summed E-state index contributed by atoms with van der Waals surface area (Å²) in [4.78, 5) is 24.1. The molecule has 31 heavy (non-hydrogen) atoms. The Balaban J connectivity index is 1.32. The zero-order chi connectivity index (χ0) is 21.2. The molecular formula is C23H22ClN5OS. The van der Waals surface area contributed by atoms with Crippen LogP contribution in [-0.2, 0) is 11.3 Å². The number of fused-ring (bicyclic) bond motifs is 1. The number of hydrogen-bond acceptors (Lipinski definition) is 5. The second-order valence-corrected chi connectivity index (χ2v) is 9.11. The fourth-order valence-electron chi connectivity index (χ4n) is 3.89. The van der Waals surface area contributed by atoms with E-state index in [2.05, 4.69) is 30.8 Å². The number of carbonyl (C=O) groups excluding carboxylic acids is 1. The summed E-state index contributed by atoms with van der Waals surface area (Å²) in [7, 11) is 0. The van der Waals surface area contributed by atoms with Gasteiger partial charge in [0, 0.05) is 13.1 Å². The van der Waals surface area contributed by atoms with Crippen molar-refractivity contribution in [3.63, 3.8) is 0 Å². The number of rotatable bonds is 5. The highest BCUT2D eigenvalue weighted by Gasteiger charge is 2.22. The van der Waals surface area contributed by atoms with Crippen molar-refractivity contribution in [2.24, 2.45) is 4.99 Å². The zero-order valence-corrected chi connectivity index (χ0v) is 18.5. The van der Waals surface area contributed by atoms with Gasteiger partial charge in [0.05, 0.1) is 33.0 Å². The van der Waals surface area contributed by atoms with E-state index >= 15 is 0 Å². The lowest BCUT2D eigenvalue weighted by molar-refractivity contribution is -0.113. The molecule has 1 saturated heterocycles. The number of likely N-dealkylation sites (tertiary alicyclic amines) is 1. The van der Waals surface area contributed by atoms with E-state index in [4.69, 9.17) is 11.6 Å². The van der Waals surface area contributed by atoms with E-state index in [0.717, 1.165) is 35.4 Å². The molecular weight excluding hydrogens is 430 g/mol. The molecule has 1 aromatic heterocycles. The molecule has 0 bridgehead atoms. The quantitative estimate of drug-likeness (QED) is 0.561. The molecule has 3 aromatic rings. The second kappa shape index (κ2) is 8.86.